The predicted octanol–water partition coefficient (Wildman–Crippen LogP) is 3.12. The fourth-order valence-corrected chi connectivity index (χ4v) is 1.60. The first-order valence-corrected chi connectivity index (χ1v) is 6.10. The number of hydrogen-bond acceptors (Lipinski definition) is 3. The Bertz CT molecular complexity index is 477. The number of aldehydes is 1. The highest BCUT2D eigenvalue weighted by atomic mass is 19.1. The molecule has 1 aromatic rings. The van der Waals surface area contributed by atoms with Gasteiger partial charge in [-0.15, -0.1) is 0 Å². The molecule has 1 aromatic carbocycles. The molecule has 110 valence electrons. The van der Waals surface area contributed by atoms with Crippen LogP contribution in [0.15, 0.2) is 18.2 Å². The van der Waals surface area contributed by atoms with E-state index < -0.39 is 29.4 Å². The number of benzene rings is 1. The highest BCUT2D eigenvalue weighted by molar-refractivity contribution is 5.69. The molecule has 1 amide bonds. The zero-order valence-electron chi connectivity index (χ0n) is 11.6. The van der Waals surface area contributed by atoms with Gasteiger partial charge >= 0.3 is 6.09 Å². The summed E-state index contributed by atoms with van der Waals surface area (Å²) < 4.78 is 31.4. The minimum atomic E-state index is -0.840. The van der Waals surface area contributed by atoms with Crippen molar-refractivity contribution in [2.45, 2.75) is 38.8 Å². The largest absolute Gasteiger partial charge is 0.444 e. The van der Waals surface area contributed by atoms with Gasteiger partial charge in [0.05, 0.1) is 6.04 Å². The topological polar surface area (TPSA) is 55.4 Å². The Morgan fingerprint density at radius 2 is 1.85 bits per heavy atom. The smallest absolute Gasteiger partial charge is 0.408 e. The fourth-order valence-electron chi connectivity index (χ4n) is 1.60. The zero-order chi connectivity index (χ0) is 15.3. The van der Waals surface area contributed by atoms with E-state index in [0.29, 0.717) is 6.29 Å². The minimum absolute atomic E-state index is 0.109. The lowest BCUT2D eigenvalue weighted by Gasteiger charge is -2.23. The van der Waals surface area contributed by atoms with Crippen molar-refractivity contribution in [3.63, 3.8) is 0 Å². The molecule has 20 heavy (non-hydrogen) atoms. The average molecular weight is 285 g/mol. The van der Waals surface area contributed by atoms with E-state index in [-0.39, 0.29) is 12.0 Å². The van der Waals surface area contributed by atoms with Gasteiger partial charge in [-0.25, -0.2) is 13.6 Å². The van der Waals surface area contributed by atoms with Crippen molar-refractivity contribution in [2.24, 2.45) is 0 Å². The molecule has 0 heterocycles. The number of amides is 1. The lowest BCUT2D eigenvalue weighted by molar-refractivity contribution is -0.108. The van der Waals surface area contributed by atoms with Gasteiger partial charge in [0, 0.05) is 12.5 Å². The van der Waals surface area contributed by atoms with Crippen LogP contribution in [0.5, 0.6) is 0 Å². The molecule has 1 N–H and O–H groups in total. The van der Waals surface area contributed by atoms with E-state index in [1.54, 1.807) is 20.8 Å². The Hall–Kier alpha value is -1.98. The molecule has 0 saturated heterocycles. The molecule has 0 aliphatic rings. The van der Waals surface area contributed by atoms with Crippen molar-refractivity contribution in [1.29, 1.82) is 0 Å². The number of ether oxygens (including phenoxy) is 1. The van der Waals surface area contributed by atoms with Crippen LogP contribution in [-0.2, 0) is 9.53 Å². The van der Waals surface area contributed by atoms with Gasteiger partial charge in [0.2, 0.25) is 0 Å². The number of nitrogens with one attached hydrogen (secondary N) is 1. The summed E-state index contributed by atoms with van der Waals surface area (Å²) in [4.78, 5) is 22.3. The summed E-state index contributed by atoms with van der Waals surface area (Å²) in [6.07, 6.45) is -0.304. The first kappa shape index (κ1) is 16.1. The maximum atomic E-state index is 13.2. The van der Waals surface area contributed by atoms with Gasteiger partial charge in [-0.2, -0.15) is 0 Å². The molecule has 1 rings (SSSR count). The summed E-state index contributed by atoms with van der Waals surface area (Å²) >= 11 is 0. The molecular weight excluding hydrogens is 268 g/mol. The second-order valence-electron chi connectivity index (χ2n) is 5.30. The van der Waals surface area contributed by atoms with E-state index in [4.69, 9.17) is 4.74 Å². The molecule has 1 atom stereocenters. The second-order valence-corrected chi connectivity index (χ2v) is 5.30. The van der Waals surface area contributed by atoms with Crippen LogP contribution >= 0.6 is 0 Å². The number of carbonyl (C=O) groups is 2. The average Bonchev–Trinajstić information content (AvgIpc) is 2.24. The van der Waals surface area contributed by atoms with Gasteiger partial charge in [0.1, 0.15) is 23.5 Å². The summed E-state index contributed by atoms with van der Waals surface area (Å²) in [6, 6.07) is 2.01. The maximum Gasteiger partial charge on any atom is 0.408 e. The molecule has 0 aliphatic heterocycles. The van der Waals surface area contributed by atoms with Crippen molar-refractivity contribution in [3.05, 3.63) is 35.4 Å². The van der Waals surface area contributed by atoms with Crippen molar-refractivity contribution >= 4 is 12.4 Å². The van der Waals surface area contributed by atoms with Crippen LogP contribution in [-0.4, -0.2) is 18.0 Å². The van der Waals surface area contributed by atoms with Gasteiger partial charge in [-0.3, -0.25) is 0 Å². The van der Waals surface area contributed by atoms with Crippen molar-refractivity contribution < 1.29 is 23.1 Å². The number of hydrogen-bond donors (Lipinski definition) is 1. The lowest BCUT2D eigenvalue weighted by atomic mass is 10.0. The Balaban J connectivity index is 2.88. The summed E-state index contributed by atoms with van der Waals surface area (Å²) in [7, 11) is 0. The van der Waals surface area contributed by atoms with Crippen molar-refractivity contribution in [3.8, 4) is 0 Å². The fraction of sp³-hybridized carbons (Fsp3) is 0.429. The molecule has 6 heteroatoms. The molecule has 0 spiro atoms. The van der Waals surface area contributed by atoms with Crippen LogP contribution in [0.25, 0.3) is 0 Å². The van der Waals surface area contributed by atoms with Crippen LogP contribution in [0.3, 0.4) is 0 Å². The highest BCUT2D eigenvalue weighted by Crippen LogP contribution is 2.19. The van der Waals surface area contributed by atoms with Crippen LogP contribution in [0.2, 0.25) is 0 Å². The third-order valence-corrected chi connectivity index (χ3v) is 2.31. The van der Waals surface area contributed by atoms with E-state index >= 15 is 0 Å². The molecule has 0 saturated carbocycles. The van der Waals surface area contributed by atoms with Crippen LogP contribution in [0, 0.1) is 11.6 Å². The Morgan fingerprint density at radius 1 is 1.30 bits per heavy atom. The standard InChI is InChI=1S/C14H17F2NO3/c1-14(2,3)20-13(19)17-12(4-5-18)9-6-10(15)8-11(16)7-9/h5-8,12H,4H2,1-3H3,(H,17,19)/t12-/m1/s1. The van der Waals surface area contributed by atoms with E-state index in [0.717, 1.165) is 18.2 Å². The third kappa shape index (κ3) is 5.34. The molecule has 0 aromatic heterocycles. The Labute approximate surface area is 116 Å². The normalized spacial score (nSPS) is 12.7. The van der Waals surface area contributed by atoms with Gasteiger partial charge in [-0.1, -0.05) is 0 Å². The van der Waals surface area contributed by atoms with Crippen LogP contribution < -0.4 is 5.32 Å². The number of alkyl carbamates (subject to hydrolysis) is 1. The molecule has 0 unspecified atom stereocenters. The first-order chi connectivity index (χ1) is 9.21. The van der Waals surface area contributed by atoms with Crippen molar-refractivity contribution in [2.75, 3.05) is 0 Å². The number of carbonyl (C=O) groups excluding carboxylic acids is 2. The highest BCUT2D eigenvalue weighted by Gasteiger charge is 2.21. The molecule has 0 bridgehead atoms. The van der Waals surface area contributed by atoms with E-state index in [1.165, 1.54) is 0 Å². The molecule has 4 nitrogen and oxygen atoms in total. The number of rotatable bonds is 4. The minimum Gasteiger partial charge on any atom is -0.444 e. The van der Waals surface area contributed by atoms with Gasteiger partial charge in [-0.05, 0) is 38.5 Å². The summed E-state index contributed by atoms with van der Waals surface area (Å²) in [5.74, 6) is -1.55. The zero-order valence-corrected chi connectivity index (χ0v) is 11.6. The summed E-state index contributed by atoms with van der Waals surface area (Å²) in [5.41, 5.74) is -0.538. The molecular formula is C14H17F2NO3. The second kappa shape index (κ2) is 6.45. The quantitative estimate of drug-likeness (QED) is 0.865. The van der Waals surface area contributed by atoms with Gasteiger partial charge in [0.25, 0.3) is 0 Å². The third-order valence-electron chi connectivity index (χ3n) is 2.31. The number of halogens is 2. The monoisotopic (exact) mass is 285 g/mol. The molecule has 0 aliphatic carbocycles. The predicted molar refractivity (Wildman–Crippen MR) is 69.1 cm³/mol. The van der Waals surface area contributed by atoms with Gasteiger partial charge < -0.3 is 14.8 Å². The van der Waals surface area contributed by atoms with E-state index in [1.807, 2.05) is 0 Å². The Morgan fingerprint density at radius 3 is 2.30 bits per heavy atom. The Kier molecular flexibility index (Phi) is 5.19. The molecule has 0 fully saturated rings. The maximum absolute atomic E-state index is 13.2. The SMILES string of the molecule is CC(C)(C)OC(=O)N[C@H](CC=O)c1cc(F)cc(F)c1. The lowest BCUT2D eigenvalue weighted by Crippen LogP contribution is -2.35. The summed E-state index contributed by atoms with van der Waals surface area (Å²) in [5, 5.41) is 2.42. The van der Waals surface area contributed by atoms with Crippen molar-refractivity contribution in [1.82, 2.24) is 5.32 Å². The first-order valence-electron chi connectivity index (χ1n) is 6.10. The summed E-state index contributed by atoms with van der Waals surface area (Å²) in [6.45, 7) is 5.05. The van der Waals surface area contributed by atoms with Crippen LogP contribution in [0.1, 0.15) is 38.8 Å². The molecule has 0 radical (unpaired) electrons. The van der Waals surface area contributed by atoms with E-state index in [2.05, 4.69) is 5.32 Å². The van der Waals surface area contributed by atoms with Crippen LogP contribution in [0.4, 0.5) is 13.6 Å². The van der Waals surface area contributed by atoms with E-state index in [9.17, 15) is 18.4 Å². The van der Waals surface area contributed by atoms with Gasteiger partial charge in [0.15, 0.2) is 0 Å².